The van der Waals surface area contributed by atoms with Gasteiger partial charge in [-0.15, -0.1) is 0 Å². The predicted molar refractivity (Wildman–Crippen MR) is 215 cm³/mol. The SMILES string of the molecule is c1ccc(-n2c3ccc(-c4ccc5c6c7c(ccc6n(-c6ccccc6)c5c4)oc4ccccc47)cc3c3c4c(ccc32)oc2ccccc24)cc1. The number of benzene rings is 8. The van der Waals surface area contributed by atoms with Crippen molar-refractivity contribution in [2.45, 2.75) is 0 Å². The highest BCUT2D eigenvalue weighted by Crippen LogP contribution is 2.45. The van der Waals surface area contributed by atoms with Gasteiger partial charge in [0.25, 0.3) is 0 Å². The van der Waals surface area contributed by atoms with Crippen LogP contribution in [0.3, 0.4) is 0 Å². The first-order valence-electron chi connectivity index (χ1n) is 17.7. The number of hydrogen-bond donors (Lipinski definition) is 0. The monoisotopic (exact) mass is 664 g/mol. The molecule has 0 aliphatic carbocycles. The molecule has 52 heavy (non-hydrogen) atoms. The lowest BCUT2D eigenvalue weighted by Crippen LogP contribution is -1.93. The number of rotatable bonds is 3. The van der Waals surface area contributed by atoms with Crippen molar-refractivity contribution in [3.8, 4) is 22.5 Å². The van der Waals surface area contributed by atoms with E-state index in [0.29, 0.717) is 0 Å². The number of hydrogen-bond acceptors (Lipinski definition) is 2. The maximum Gasteiger partial charge on any atom is 0.136 e. The minimum Gasteiger partial charge on any atom is -0.456 e. The smallest absolute Gasteiger partial charge is 0.136 e. The molecule has 0 bridgehead atoms. The molecule has 4 heterocycles. The van der Waals surface area contributed by atoms with E-state index in [1.165, 1.54) is 21.5 Å². The Morgan fingerprint density at radius 3 is 1.38 bits per heavy atom. The Kier molecular flexibility index (Phi) is 5.47. The number of furan rings is 2. The zero-order chi connectivity index (χ0) is 33.9. The second-order valence-corrected chi connectivity index (χ2v) is 13.7. The first-order valence-corrected chi connectivity index (χ1v) is 17.7. The normalized spacial score (nSPS) is 12.2. The van der Waals surface area contributed by atoms with Gasteiger partial charge in [-0.25, -0.2) is 0 Å². The average molecular weight is 665 g/mol. The maximum atomic E-state index is 6.40. The highest BCUT2D eigenvalue weighted by molar-refractivity contribution is 6.29. The molecule has 0 saturated heterocycles. The fourth-order valence-electron chi connectivity index (χ4n) is 8.72. The quantitative estimate of drug-likeness (QED) is 0.188. The number of fused-ring (bicyclic) bond motifs is 14. The molecule has 0 atom stereocenters. The molecule has 4 aromatic heterocycles. The summed E-state index contributed by atoms with van der Waals surface area (Å²) in [6.07, 6.45) is 0. The van der Waals surface area contributed by atoms with Gasteiger partial charge >= 0.3 is 0 Å². The van der Waals surface area contributed by atoms with Crippen molar-refractivity contribution in [2.75, 3.05) is 0 Å². The molecule has 12 aromatic rings. The van der Waals surface area contributed by atoms with Gasteiger partial charge in [-0.2, -0.15) is 0 Å². The molecule has 0 spiro atoms. The zero-order valence-electron chi connectivity index (χ0n) is 27.9. The molecule has 242 valence electrons. The topological polar surface area (TPSA) is 36.1 Å². The second-order valence-electron chi connectivity index (χ2n) is 13.7. The molecule has 4 heteroatoms. The van der Waals surface area contributed by atoms with E-state index >= 15 is 0 Å². The molecule has 0 fully saturated rings. The Morgan fingerprint density at radius 1 is 0.288 bits per heavy atom. The van der Waals surface area contributed by atoms with Gasteiger partial charge in [0, 0.05) is 54.5 Å². The van der Waals surface area contributed by atoms with Crippen molar-refractivity contribution >= 4 is 87.5 Å². The number of para-hydroxylation sites is 4. The lowest BCUT2D eigenvalue weighted by atomic mass is 9.99. The lowest BCUT2D eigenvalue weighted by molar-refractivity contribution is 0.669. The van der Waals surface area contributed by atoms with E-state index in [1.54, 1.807) is 0 Å². The first kappa shape index (κ1) is 27.7. The predicted octanol–water partition coefficient (Wildman–Crippen LogP) is 13.3. The van der Waals surface area contributed by atoms with Crippen LogP contribution in [0.2, 0.25) is 0 Å². The Bertz CT molecular complexity index is 3400. The van der Waals surface area contributed by atoms with Crippen molar-refractivity contribution in [1.82, 2.24) is 9.13 Å². The molecule has 0 unspecified atom stereocenters. The van der Waals surface area contributed by atoms with Gasteiger partial charge in [0.2, 0.25) is 0 Å². The highest BCUT2D eigenvalue weighted by atomic mass is 16.3. The van der Waals surface area contributed by atoms with Crippen molar-refractivity contribution in [1.29, 1.82) is 0 Å². The Hall–Kier alpha value is -7.04. The maximum absolute atomic E-state index is 6.40. The van der Waals surface area contributed by atoms with E-state index in [2.05, 4.69) is 167 Å². The van der Waals surface area contributed by atoms with E-state index in [1.807, 2.05) is 12.1 Å². The van der Waals surface area contributed by atoms with Crippen molar-refractivity contribution in [3.05, 3.63) is 170 Å². The summed E-state index contributed by atoms with van der Waals surface area (Å²) in [7, 11) is 0. The van der Waals surface area contributed by atoms with Crippen LogP contribution in [-0.2, 0) is 0 Å². The third-order valence-electron chi connectivity index (χ3n) is 10.9. The molecule has 0 radical (unpaired) electrons. The summed E-state index contributed by atoms with van der Waals surface area (Å²) >= 11 is 0. The Labute approximate surface area is 296 Å². The van der Waals surface area contributed by atoms with E-state index in [4.69, 9.17) is 8.83 Å². The minimum atomic E-state index is 0.901. The van der Waals surface area contributed by atoms with Crippen LogP contribution in [-0.4, -0.2) is 9.13 Å². The number of nitrogens with zero attached hydrogens (tertiary/aromatic N) is 2. The van der Waals surface area contributed by atoms with E-state index in [0.717, 1.165) is 88.4 Å². The molecule has 0 N–H and O–H groups in total. The van der Waals surface area contributed by atoms with Crippen LogP contribution < -0.4 is 0 Å². The summed E-state index contributed by atoms with van der Waals surface area (Å²) in [6.45, 7) is 0. The summed E-state index contributed by atoms with van der Waals surface area (Å²) in [5.41, 5.74) is 12.8. The van der Waals surface area contributed by atoms with Crippen LogP contribution in [0.25, 0.3) is 110 Å². The van der Waals surface area contributed by atoms with Crippen molar-refractivity contribution in [2.24, 2.45) is 0 Å². The molecule has 0 amide bonds. The summed E-state index contributed by atoms with van der Waals surface area (Å²) in [5.74, 6) is 0. The van der Waals surface area contributed by atoms with Gasteiger partial charge in [-0.3, -0.25) is 0 Å². The molecule has 0 aliphatic rings. The lowest BCUT2D eigenvalue weighted by Gasteiger charge is -2.10. The van der Waals surface area contributed by atoms with Crippen molar-refractivity contribution in [3.63, 3.8) is 0 Å². The minimum absolute atomic E-state index is 0.901. The standard InChI is InChI=1S/C48H28N2O2/c1-3-11-31(12-4-1)49-37-22-20-29(27-36(37)46-39(49)24-26-44-48(46)35-16-8-10-18-42(35)52-44)30-19-21-33-40(28-30)50(32-13-5-2-6-14-32)38-23-25-43-47(45(33)38)34-15-7-9-17-41(34)51-43/h1-28H. The second kappa shape index (κ2) is 10.3. The Balaban J connectivity index is 1.17. The van der Waals surface area contributed by atoms with Crippen LogP contribution in [0, 0.1) is 0 Å². The molecule has 0 saturated carbocycles. The molecular weight excluding hydrogens is 637 g/mol. The molecule has 12 rings (SSSR count). The zero-order valence-corrected chi connectivity index (χ0v) is 27.9. The molecule has 0 aliphatic heterocycles. The largest absolute Gasteiger partial charge is 0.456 e. The van der Waals surface area contributed by atoms with Gasteiger partial charge < -0.3 is 18.0 Å². The molecule has 8 aromatic carbocycles. The van der Waals surface area contributed by atoms with Gasteiger partial charge in [-0.05, 0) is 90.0 Å². The highest BCUT2D eigenvalue weighted by Gasteiger charge is 2.21. The van der Waals surface area contributed by atoms with E-state index in [9.17, 15) is 0 Å². The molecule has 4 nitrogen and oxygen atoms in total. The van der Waals surface area contributed by atoms with Crippen molar-refractivity contribution < 1.29 is 8.83 Å². The fourth-order valence-corrected chi connectivity index (χ4v) is 8.72. The van der Waals surface area contributed by atoms with E-state index in [-0.39, 0.29) is 0 Å². The average Bonchev–Trinajstić information content (AvgIpc) is 3.95. The summed E-state index contributed by atoms with van der Waals surface area (Å²) in [4.78, 5) is 0. The fraction of sp³-hybridized carbons (Fsp3) is 0. The van der Waals surface area contributed by atoms with Gasteiger partial charge in [0.05, 0.1) is 22.1 Å². The van der Waals surface area contributed by atoms with Crippen LogP contribution in [0.1, 0.15) is 0 Å². The summed E-state index contributed by atoms with van der Waals surface area (Å²) in [5, 5.41) is 9.40. The van der Waals surface area contributed by atoms with Gasteiger partial charge in [0.15, 0.2) is 0 Å². The molecular formula is C48H28N2O2. The van der Waals surface area contributed by atoms with Gasteiger partial charge in [-0.1, -0.05) is 91.0 Å². The Morgan fingerprint density at radius 2 is 0.769 bits per heavy atom. The first-order chi connectivity index (χ1) is 25.8. The third kappa shape index (κ3) is 3.70. The number of aromatic nitrogens is 2. The van der Waals surface area contributed by atoms with E-state index < -0.39 is 0 Å². The summed E-state index contributed by atoms with van der Waals surface area (Å²) in [6, 6.07) is 60.5. The van der Waals surface area contributed by atoms with Crippen LogP contribution >= 0.6 is 0 Å². The van der Waals surface area contributed by atoms with Gasteiger partial charge in [0.1, 0.15) is 22.3 Å². The van der Waals surface area contributed by atoms with Crippen LogP contribution in [0.4, 0.5) is 0 Å². The summed E-state index contributed by atoms with van der Waals surface area (Å²) < 4.78 is 17.5. The third-order valence-corrected chi connectivity index (χ3v) is 10.9. The van der Waals surface area contributed by atoms with Crippen LogP contribution in [0.5, 0.6) is 0 Å². The van der Waals surface area contributed by atoms with Crippen LogP contribution in [0.15, 0.2) is 179 Å².